The van der Waals surface area contributed by atoms with Crippen LogP contribution in [0.5, 0.6) is 5.75 Å². The van der Waals surface area contributed by atoms with Crippen LogP contribution in [0.4, 0.5) is 17.3 Å². The van der Waals surface area contributed by atoms with Crippen molar-refractivity contribution in [3.8, 4) is 5.75 Å². The highest BCUT2D eigenvalue weighted by Crippen LogP contribution is 2.22. The normalized spacial score (nSPS) is 10.1. The first-order chi connectivity index (χ1) is 13.2. The van der Waals surface area contributed by atoms with E-state index in [9.17, 15) is 4.79 Å². The minimum Gasteiger partial charge on any atom is -0.497 e. The number of nitrogens with one attached hydrogen (secondary N) is 3. The predicted molar refractivity (Wildman–Crippen MR) is 104 cm³/mol. The Morgan fingerprint density at radius 3 is 2.44 bits per heavy atom. The summed E-state index contributed by atoms with van der Waals surface area (Å²) in [5, 5.41) is 3.16. The standard InChI is InChI=1S/C19H20N6O2/c1-27-15-9-7-13(8-10-15)11-21-17-16(20)18(23-12-22-17)24-25-19(26)14-5-3-2-4-6-14/h2-10,12H,11,20H2,1H3,(H,25,26)(H2,21,22,23,24). The van der Waals surface area contributed by atoms with Crippen LogP contribution in [-0.2, 0) is 6.54 Å². The van der Waals surface area contributed by atoms with E-state index in [4.69, 9.17) is 10.5 Å². The first-order valence-electron chi connectivity index (χ1n) is 8.26. The number of rotatable bonds is 7. The molecule has 27 heavy (non-hydrogen) atoms. The fourth-order valence-electron chi connectivity index (χ4n) is 2.34. The molecule has 0 aliphatic rings. The summed E-state index contributed by atoms with van der Waals surface area (Å²) in [7, 11) is 1.62. The molecule has 0 atom stereocenters. The van der Waals surface area contributed by atoms with Gasteiger partial charge < -0.3 is 15.8 Å². The molecule has 1 heterocycles. The lowest BCUT2D eigenvalue weighted by Gasteiger charge is -2.13. The van der Waals surface area contributed by atoms with E-state index in [-0.39, 0.29) is 5.91 Å². The zero-order valence-electron chi connectivity index (χ0n) is 14.8. The maximum Gasteiger partial charge on any atom is 0.269 e. The second-order valence-corrected chi connectivity index (χ2v) is 5.63. The molecule has 8 heteroatoms. The molecule has 0 saturated heterocycles. The molecule has 0 aliphatic carbocycles. The first kappa shape index (κ1) is 18.0. The van der Waals surface area contributed by atoms with Gasteiger partial charge in [-0.15, -0.1) is 0 Å². The number of ether oxygens (including phenoxy) is 1. The zero-order chi connectivity index (χ0) is 19.1. The van der Waals surface area contributed by atoms with Gasteiger partial charge in [-0.05, 0) is 29.8 Å². The van der Waals surface area contributed by atoms with Gasteiger partial charge >= 0.3 is 0 Å². The number of benzene rings is 2. The molecule has 0 saturated carbocycles. The molecule has 1 aromatic heterocycles. The molecule has 138 valence electrons. The molecule has 0 fully saturated rings. The first-order valence-corrected chi connectivity index (χ1v) is 8.26. The summed E-state index contributed by atoms with van der Waals surface area (Å²) in [5.41, 5.74) is 13.3. The van der Waals surface area contributed by atoms with Gasteiger partial charge in [0.2, 0.25) is 0 Å². The average Bonchev–Trinajstić information content (AvgIpc) is 2.73. The van der Waals surface area contributed by atoms with E-state index >= 15 is 0 Å². The van der Waals surface area contributed by atoms with Gasteiger partial charge in [-0.2, -0.15) is 0 Å². The Hall–Kier alpha value is -3.81. The van der Waals surface area contributed by atoms with Crippen LogP contribution in [0.3, 0.4) is 0 Å². The monoisotopic (exact) mass is 364 g/mol. The number of nitrogens with zero attached hydrogens (tertiary/aromatic N) is 2. The number of aromatic nitrogens is 2. The number of nitrogen functional groups attached to an aromatic ring is 1. The van der Waals surface area contributed by atoms with Crippen LogP contribution >= 0.6 is 0 Å². The number of hydrogen-bond acceptors (Lipinski definition) is 7. The summed E-state index contributed by atoms with van der Waals surface area (Å²) in [6, 6.07) is 16.5. The van der Waals surface area contributed by atoms with E-state index in [1.165, 1.54) is 6.33 Å². The Kier molecular flexibility index (Phi) is 5.68. The van der Waals surface area contributed by atoms with Gasteiger partial charge in [-0.3, -0.25) is 15.6 Å². The maximum absolute atomic E-state index is 12.1. The molecule has 0 radical (unpaired) electrons. The van der Waals surface area contributed by atoms with Crippen molar-refractivity contribution in [2.45, 2.75) is 6.54 Å². The van der Waals surface area contributed by atoms with Crippen LogP contribution < -0.4 is 26.6 Å². The summed E-state index contributed by atoms with van der Waals surface area (Å²) in [5.74, 6) is 1.28. The van der Waals surface area contributed by atoms with Crippen molar-refractivity contribution in [3.05, 3.63) is 72.1 Å². The summed E-state index contributed by atoms with van der Waals surface area (Å²) in [6.07, 6.45) is 1.36. The van der Waals surface area contributed by atoms with Gasteiger partial charge in [-0.1, -0.05) is 30.3 Å². The average molecular weight is 364 g/mol. The van der Waals surface area contributed by atoms with Crippen LogP contribution in [0.2, 0.25) is 0 Å². The van der Waals surface area contributed by atoms with Crippen LogP contribution in [-0.4, -0.2) is 23.0 Å². The minimum atomic E-state index is -0.290. The van der Waals surface area contributed by atoms with Crippen LogP contribution in [0.1, 0.15) is 15.9 Å². The van der Waals surface area contributed by atoms with Crippen molar-refractivity contribution in [1.29, 1.82) is 0 Å². The molecular formula is C19H20N6O2. The van der Waals surface area contributed by atoms with E-state index in [1.54, 1.807) is 31.4 Å². The van der Waals surface area contributed by atoms with E-state index in [1.807, 2.05) is 30.3 Å². The van der Waals surface area contributed by atoms with Crippen LogP contribution in [0.25, 0.3) is 0 Å². The number of carbonyl (C=O) groups is 1. The molecule has 1 amide bonds. The van der Waals surface area contributed by atoms with Crippen molar-refractivity contribution < 1.29 is 9.53 Å². The molecule has 3 aromatic rings. The van der Waals surface area contributed by atoms with Gasteiger partial charge in [0.05, 0.1) is 7.11 Å². The molecule has 0 aliphatic heterocycles. The second kappa shape index (κ2) is 8.52. The highest BCUT2D eigenvalue weighted by Gasteiger charge is 2.10. The van der Waals surface area contributed by atoms with Crippen molar-refractivity contribution in [2.75, 3.05) is 23.6 Å². The number of amides is 1. The lowest BCUT2D eigenvalue weighted by molar-refractivity contribution is 0.0962. The summed E-state index contributed by atoms with van der Waals surface area (Å²) < 4.78 is 5.14. The Labute approximate surface area is 156 Å². The lowest BCUT2D eigenvalue weighted by Crippen LogP contribution is -2.30. The van der Waals surface area contributed by atoms with E-state index in [0.29, 0.717) is 29.4 Å². The Bertz CT molecular complexity index is 900. The fourth-order valence-corrected chi connectivity index (χ4v) is 2.34. The van der Waals surface area contributed by atoms with E-state index in [2.05, 4.69) is 26.1 Å². The van der Waals surface area contributed by atoms with Crippen molar-refractivity contribution in [2.24, 2.45) is 0 Å². The molecule has 0 bridgehead atoms. The molecule has 0 spiro atoms. The number of carbonyl (C=O) groups excluding carboxylic acids is 1. The maximum atomic E-state index is 12.1. The molecule has 3 rings (SSSR count). The topological polar surface area (TPSA) is 114 Å². The molecule has 0 unspecified atom stereocenters. The summed E-state index contributed by atoms with van der Waals surface area (Å²) >= 11 is 0. The quantitative estimate of drug-likeness (QED) is 0.476. The second-order valence-electron chi connectivity index (χ2n) is 5.63. The van der Waals surface area contributed by atoms with E-state index in [0.717, 1.165) is 11.3 Å². The Balaban J connectivity index is 1.62. The number of hydrogen-bond donors (Lipinski definition) is 4. The smallest absolute Gasteiger partial charge is 0.269 e. The van der Waals surface area contributed by atoms with Crippen molar-refractivity contribution in [3.63, 3.8) is 0 Å². The third kappa shape index (κ3) is 4.63. The third-order valence-corrected chi connectivity index (χ3v) is 3.83. The van der Waals surface area contributed by atoms with Gasteiger partial charge in [0.1, 0.15) is 17.8 Å². The summed E-state index contributed by atoms with van der Waals surface area (Å²) in [6.45, 7) is 0.529. The van der Waals surface area contributed by atoms with Gasteiger partial charge in [0, 0.05) is 12.1 Å². The minimum absolute atomic E-state index is 0.290. The van der Waals surface area contributed by atoms with Gasteiger partial charge in [-0.25, -0.2) is 9.97 Å². The number of anilines is 3. The third-order valence-electron chi connectivity index (χ3n) is 3.83. The van der Waals surface area contributed by atoms with E-state index < -0.39 is 0 Å². The number of methoxy groups -OCH3 is 1. The van der Waals surface area contributed by atoms with Crippen molar-refractivity contribution in [1.82, 2.24) is 15.4 Å². The summed E-state index contributed by atoms with van der Waals surface area (Å²) in [4.78, 5) is 20.3. The molecule has 5 N–H and O–H groups in total. The SMILES string of the molecule is COc1ccc(CNc2ncnc(NNC(=O)c3ccccc3)c2N)cc1. The van der Waals surface area contributed by atoms with Gasteiger partial charge in [0.15, 0.2) is 11.6 Å². The number of nitrogens with two attached hydrogens (primary N) is 1. The molecular weight excluding hydrogens is 344 g/mol. The van der Waals surface area contributed by atoms with Crippen LogP contribution in [0, 0.1) is 0 Å². The fraction of sp³-hybridized carbons (Fsp3) is 0.105. The zero-order valence-corrected chi connectivity index (χ0v) is 14.8. The van der Waals surface area contributed by atoms with Crippen LogP contribution in [0.15, 0.2) is 60.9 Å². The Morgan fingerprint density at radius 1 is 1.04 bits per heavy atom. The molecule has 8 nitrogen and oxygen atoms in total. The highest BCUT2D eigenvalue weighted by molar-refractivity contribution is 5.95. The Morgan fingerprint density at radius 2 is 1.74 bits per heavy atom. The largest absolute Gasteiger partial charge is 0.497 e. The predicted octanol–water partition coefficient (Wildman–Crippen LogP) is 2.44. The molecule has 2 aromatic carbocycles. The van der Waals surface area contributed by atoms with Gasteiger partial charge in [0.25, 0.3) is 5.91 Å². The highest BCUT2D eigenvalue weighted by atomic mass is 16.5. The lowest BCUT2D eigenvalue weighted by atomic mass is 10.2. The number of hydrazine groups is 1. The van der Waals surface area contributed by atoms with Crippen molar-refractivity contribution >= 4 is 23.2 Å².